The Balaban J connectivity index is 3.23. The Hall–Kier alpha value is -2.30. The third kappa shape index (κ3) is 2.60. The fourth-order valence-electron chi connectivity index (χ4n) is 0.909. The number of alkyl halides is 3. The highest BCUT2D eigenvalue weighted by Crippen LogP contribution is 2.28. The largest absolute Gasteiger partial charge is 0.573 e. The van der Waals surface area contributed by atoms with Crippen molar-refractivity contribution in [2.75, 3.05) is 5.73 Å². The van der Waals surface area contributed by atoms with Crippen molar-refractivity contribution in [3.8, 4) is 11.8 Å². The van der Waals surface area contributed by atoms with Crippen LogP contribution >= 0.6 is 0 Å². The van der Waals surface area contributed by atoms with Gasteiger partial charge in [0.1, 0.15) is 6.07 Å². The summed E-state index contributed by atoms with van der Waals surface area (Å²) in [5.41, 5.74) is 4.44. The lowest BCUT2D eigenvalue weighted by molar-refractivity contribution is -0.274. The molecule has 0 bridgehead atoms. The molecule has 1 heterocycles. The van der Waals surface area contributed by atoms with Crippen molar-refractivity contribution < 1.29 is 22.7 Å². The predicted molar refractivity (Wildman–Crippen MR) is 45.4 cm³/mol. The van der Waals surface area contributed by atoms with E-state index < -0.39 is 17.9 Å². The van der Waals surface area contributed by atoms with E-state index >= 15 is 0 Å². The summed E-state index contributed by atoms with van der Waals surface area (Å²) < 4.78 is 39.2. The van der Waals surface area contributed by atoms with Crippen LogP contribution < -0.4 is 10.5 Å². The van der Waals surface area contributed by atoms with E-state index in [1.165, 1.54) is 6.07 Å². The molecule has 0 spiro atoms. The number of nitrogens with two attached hydrogens (primary N) is 1. The number of hydrogen-bond donors (Lipinski definition) is 1. The first-order valence-electron chi connectivity index (χ1n) is 3.79. The van der Waals surface area contributed by atoms with Crippen molar-refractivity contribution in [2.24, 2.45) is 0 Å². The van der Waals surface area contributed by atoms with Gasteiger partial charge in [-0.2, -0.15) is 5.26 Å². The van der Waals surface area contributed by atoms with E-state index in [0.717, 1.165) is 0 Å². The maximum Gasteiger partial charge on any atom is 0.573 e. The van der Waals surface area contributed by atoms with Crippen molar-refractivity contribution >= 4 is 12.1 Å². The number of nitrogens with zero attached hydrogens (tertiary/aromatic N) is 2. The summed E-state index contributed by atoms with van der Waals surface area (Å²) in [6, 6.07) is 2.23. The number of carbonyl (C=O) groups is 1. The molecular formula is C8H4F3N3O2. The standard InChI is InChI=1S/C8H4F3N3O2/c9-8(10,11)16-6-1-4(3-15)5(2-12)14-7(6)13/h1,3H,(H2,13,14). The first-order chi connectivity index (χ1) is 7.37. The van der Waals surface area contributed by atoms with Gasteiger partial charge in [0.2, 0.25) is 0 Å². The maximum atomic E-state index is 11.9. The molecule has 0 aliphatic heterocycles. The maximum absolute atomic E-state index is 11.9. The minimum absolute atomic E-state index is 0.189. The predicted octanol–water partition coefficient (Wildman–Crippen LogP) is 1.25. The summed E-state index contributed by atoms with van der Waals surface area (Å²) in [6.45, 7) is 0. The molecule has 0 saturated carbocycles. The monoisotopic (exact) mass is 231 g/mol. The molecule has 0 aliphatic rings. The molecule has 0 atom stereocenters. The molecule has 84 valence electrons. The number of pyridine rings is 1. The summed E-state index contributed by atoms with van der Waals surface area (Å²) in [5.74, 6) is -1.42. The van der Waals surface area contributed by atoms with Gasteiger partial charge in [0.05, 0.1) is 5.56 Å². The smallest absolute Gasteiger partial charge is 0.402 e. The molecular weight excluding hydrogens is 227 g/mol. The van der Waals surface area contributed by atoms with Crippen LogP contribution in [0.2, 0.25) is 0 Å². The molecule has 2 N–H and O–H groups in total. The molecule has 0 fully saturated rings. The zero-order chi connectivity index (χ0) is 12.3. The summed E-state index contributed by atoms with van der Waals surface area (Å²) in [5, 5.41) is 8.51. The Bertz CT molecular complexity index is 465. The van der Waals surface area contributed by atoms with Crippen LogP contribution in [-0.2, 0) is 0 Å². The molecule has 1 aromatic rings. The minimum Gasteiger partial charge on any atom is -0.402 e. The summed E-state index contributed by atoms with van der Waals surface area (Å²) in [7, 11) is 0. The first kappa shape index (κ1) is 11.8. The van der Waals surface area contributed by atoms with Gasteiger partial charge < -0.3 is 10.5 Å². The van der Waals surface area contributed by atoms with Gasteiger partial charge in [0.15, 0.2) is 23.5 Å². The van der Waals surface area contributed by atoms with Crippen molar-refractivity contribution in [1.29, 1.82) is 5.26 Å². The number of anilines is 1. The molecule has 8 heteroatoms. The second-order valence-electron chi connectivity index (χ2n) is 2.59. The number of hydrogen-bond acceptors (Lipinski definition) is 5. The van der Waals surface area contributed by atoms with Crippen molar-refractivity contribution in [2.45, 2.75) is 6.36 Å². The Labute approximate surface area is 87.3 Å². The lowest BCUT2D eigenvalue weighted by Gasteiger charge is -2.10. The number of carbonyl (C=O) groups excluding carboxylic acids is 1. The number of rotatable bonds is 2. The van der Waals surface area contributed by atoms with E-state index in [9.17, 15) is 18.0 Å². The highest BCUT2D eigenvalue weighted by Gasteiger charge is 2.32. The van der Waals surface area contributed by atoms with E-state index in [4.69, 9.17) is 11.0 Å². The highest BCUT2D eigenvalue weighted by molar-refractivity contribution is 5.80. The number of nitriles is 1. The van der Waals surface area contributed by atoms with Crippen molar-refractivity contribution in [1.82, 2.24) is 4.98 Å². The van der Waals surface area contributed by atoms with Crippen LogP contribution in [0.5, 0.6) is 5.75 Å². The number of aldehydes is 1. The number of halogens is 3. The molecule has 0 unspecified atom stereocenters. The van der Waals surface area contributed by atoms with Gasteiger partial charge in [-0.3, -0.25) is 4.79 Å². The van der Waals surface area contributed by atoms with Gasteiger partial charge in [-0.1, -0.05) is 0 Å². The zero-order valence-electron chi connectivity index (χ0n) is 7.58. The summed E-state index contributed by atoms with van der Waals surface area (Å²) in [6.07, 6.45) is -4.75. The molecule has 0 amide bonds. The van der Waals surface area contributed by atoms with E-state index in [2.05, 4.69) is 9.72 Å². The summed E-state index contributed by atoms with van der Waals surface area (Å²) in [4.78, 5) is 13.8. The van der Waals surface area contributed by atoms with E-state index in [-0.39, 0.29) is 17.5 Å². The van der Waals surface area contributed by atoms with Crippen LogP contribution in [0.3, 0.4) is 0 Å². The Morgan fingerprint density at radius 1 is 1.56 bits per heavy atom. The quantitative estimate of drug-likeness (QED) is 0.773. The van der Waals surface area contributed by atoms with Gasteiger partial charge >= 0.3 is 6.36 Å². The SMILES string of the molecule is N#Cc1nc(N)c(OC(F)(F)F)cc1C=O. The average molecular weight is 231 g/mol. The van der Waals surface area contributed by atoms with Crippen LogP contribution in [0.4, 0.5) is 19.0 Å². The third-order valence-corrected chi connectivity index (χ3v) is 1.50. The van der Waals surface area contributed by atoms with Crippen LogP contribution in [0, 0.1) is 11.3 Å². The van der Waals surface area contributed by atoms with Crippen molar-refractivity contribution in [3.63, 3.8) is 0 Å². The molecule has 0 saturated heterocycles. The molecule has 0 radical (unpaired) electrons. The topological polar surface area (TPSA) is 89.0 Å². The van der Waals surface area contributed by atoms with Gasteiger partial charge in [0.25, 0.3) is 0 Å². The second-order valence-corrected chi connectivity index (χ2v) is 2.59. The fraction of sp³-hybridized carbons (Fsp3) is 0.125. The van der Waals surface area contributed by atoms with Crippen LogP contribution in [-0.4, -0.2) is 17.6 Å². The van der Waals surface area contributed by atoms with Gasteiger partial charge in [0, 0.05) is 0 Å². The van der Waals surface area contributed by atoms with Crippen LogP contribution in [0.25, 0.3) is 0 Å². The van der Waals surface area contributed by atoms with Crippen molar-refractivity contribution in [3.05, 3.63) is 17.3 Å². The first-order valence-corrected chi connectivity index (χ1v) is 3.79. The Kier molecular flexibility index (Phi) is 2.99. The second kappa shape index (κ2) is 4.06. The zero-order valence-corrected chi connectivity index (χ0v) is 7.58. The van der Waals surface area contributed by atoms with Crippen LogP contribution in [0.1, 0.15) is 16.1 Å². The summed E-state index contributed by atoms with van der Waals surface area (Å²) >= 11 is 0. The van der Waals surface area contributed by atoms with E-state index in [1.54, 1.807) is 0 Å². The molecule has 0 aromatic carbocycles. The van der Waals surface area contributed by atoms with Crippen LogP contribution in [0.15, 0.2) is 6.07 Å². The molecule has 1 aromatic heterocycles. The Morgan fingerprint density at radius 3 is 2.62 bits per heavy atom. The molecule has 1 rings (SSSR count). The van der Waals surface area contributed by atoms with Gasteiger partial charge in [-0.05, 0) is 6.07 Å². The van der Waals surface area contributed by atoms with Gasteiger partial charge in [-0.15, -0.1) is 13.2 Å². The Morgan fingerprint density at radius 2 is 2.19 bits per heavy atom. The van der Waals surface area contributed by atoms with Gasteiger partial charge in [-0.25, -0.2) is 4.98 Å². The average Bonchev–Trinajstić information content (AvgIpc) is 2.18. The minimum atomic E-state index is -4.94. The molecule has 16 heavy (non-hydrogen) atoms. The third-order valence-electron chi connectivity index (χ3n) is 1.50. The highest BCUT2D eigenvalue weighted by atomic mass is 19.4. The number of aromatic nitrogens is 1. The van der Waals surface area contributed by atoms with E-state index in [0.29, 0.717) is 6.07 Å². The fourth-order valence-corrected chi connectivity index (χ4v) is 0.909. The number of nitrogen functional groups attached to an aromatic ring is 1. The number of ether oxygens (including phenoxy) is 1. The molecule has 0 aliphatic carbocycles. The normalized spacial score (nSPS) is 10.6. The lowest BCUT2D eigenvalue weighted by Crippen LogP contribution is -2.19. The molecule has 5 nitrogen and oxygen atoms in total. The lowest BCUT2D eigenvalue weighted by atomic mass is 10.2. The van der Waals surface area contributed by atoms with E-state index in [1.807, 2.05) is 0 Å².